The molecule has 0 fully saturated rings. The van der Waals surface area contributed by atoms with Gasteiger partial charge in [0.2, 0.25) is 0 Å². The van der Waals surface area contributed by atoms with Crippen LogP contribution in [-0.4, -0.2) is 41.9 Å². The molecule has 1 aliphatic rings. The molecule has 1 atom stereocenters. The van der Waals surface area contributed by atoms with Crippen LogP contribution < -0.4 is 29.7 Å². The molecule has 0 saturated carbocycles. The summed E-state index contributed by atoms with van der Waals surface area (Å²) in [5, 5.41) is 13.0. The highest BCUT2D eigenvalue weighted by Gasteiger charge is 2.34. The van der Waals surface area contributed by atoms with Crippen LogP contribution in [0, 0.1) is 0 Å². The van der Waals surface area contributed by atoms with Gasteiger partial charge in [0.1, 0.15) is 5.75 Å². The van der Waals surface area contributed by atoms with Crippen LogP contribution in [-0.2, 0) is 20.9 Å². The Bertz CT molecular complexity index is 1910. The second-order valence-electron chi connectivity index (χ2n) is 9.82. The molecule has 0 radical (unpaired) electrons. The summed E-state index contributed by atoms with van der Waals surface area (Å²) in [5.74, 6) is -0.330. The highest BCUT2D eigenvalue weighted by Crippen LogP contribution is 2.35. The van der Waals surface area contributed by atoms with E-state index in [9.17, 15) is 19.5 Å². The topological polar surface area (TPSA) is 128 Å². The molecule has 0 unspecified atom stereocenters. The van der Waals surface area contributed by atoms with Gasteiger partial charge in [0.05, 0.1) is 35.6 Å². The number of fused-ring (bicyclic) bond motifs is 1. The fourth-order valence-corrected chi connectivity index (χ4v) is 5.87. The monoisotopic (exact) mass is 613 g/mol. The van der Waals surface area contributed by atoms with Gasteiger partial charge >= 0.3 is 5.97 Å². The summed E-state index contributed by atoms with van der Waals surface area (Å²) >= 11 is 1.16. The van der Waals surface area contributed by atoms with Gasteiger partial charge in [-0.3, -0.25) is 14.2 Å². The predicted molar refractivity (Wildman–Crippen MR) is 165 cm³/mol. The number of para-hydroxylation sites is 1. The molecule has 0 aliphatic carbocycles. The summed E-state index contributed by atoms with van der Waals surface area (Å²) in [5.41, 5.74) is 2.35. The Labute approximate surface area is 257 Å². The Balaban J connectivity index is 1.50. The number of nitrogens with one attached hydrogen (secondary N) is 1. The number of aromatic nitrogens is 1. The van der Waals surface area contributed by atoms with Crippen molar-refractivity contribution >= 4 is 29.3 Å². The SMILES string of the molecule is CCOC(=O)C1=C(C)N=c2sc(=Cc3ccccc3OCC(=O)NCc3ccccc3)c(=O)n2[C@H]1c1ccc(O)c(OC)c1. The van der Waals surface area contributed by atoms with E-state index in [0.29, 0.717) is 38.5 Å². The minimum Gasteiger partial charge on any atom is -0.504 e. The van der Waals surface area contributed by atoms with Crippen LogP contribution in [0.1, 0.15) is 36.6 Å². The minimum atomic E-state index is -0.873. The van der Waals surface area contributed by atoms with Crippen molar-refractivity contribution in [3.63, 3.8) is 0 Å². The molecule has 0 saturated heterocycles. The van der Waals surface area contributed by atoms with Crippen molar-refractivity contribution in [2.24, 2.45) is 4.99 Å². The van der Waals surface area contributed by atoms with E-state index in [2.05, 4.69) is 10.3 Å². The van der Waals surface area contributed by atoms with E-state index in [0.717, 1.165) is 16.9 Å². The molecule has 0 spiro atoms. The largest absolute Gasteiger partial charge is 0.504 e. The molecule has 1 aliphatic heterocycles. The van der Waals surface area contributed by atoms with Crippen molar-refractivity contribution < 1.29 is 28.9 Å². The number of carbonyl (C=O) groups is 2. The Morgan fingerprint density at radius 1 is 1.07 bits per heavy atom. The molecular formula is C33H31N3O7S. The molecule has 11 heteroatoms. The summed E-state index contributed by atoms with van der Waals surface area (Å²) in [6.45, 7) is 3.72. The lowest BCUT2D eigenvalue weighted by molar-refractivity contribution is -0.139. The Morgan fingerprint density at radius 2 is 1.82 bits per heavy atom. The Morgan fingerprint density at radius 3 is 2.57 bits per heavy atom. The van der Waals surface area contributed by atoms with Gasteiger partial charge in [-0.1, -0.05) is 65.9 Å². The number of phenolic OH excluding ortho intramolecular Hbond substituents is 1. The predicted octanol–water partition coefficient (Wildman–Crippen LogP) is 3.21. The number of rotatable bonds is 10. The van der Waals surface area contributed by atoms with Gasteiger partial charge < -0.3 is 24.6 Å². The Kier molecular flexibility index (Phi) is 9.25. The second-order valence-corrected chi connectivity index (χ2v) is 10.8. The number of benzene rings is 3. The van der Waals surface area contributed by atoms with E-state index >= 15 is 0 Å². The van der Waals surface area contributed by atoms with Crippen LogP contribution >= 0.6 is 11.3 Å². The van der Waals surface area contributed by atoms with Gasteiger partial charge in [-0.25, -0.2) is 9.79 Å². The number of methoxy groups -OCH3 is 1. The molecular weight excluding hydrogens is 582 g/mol. The quantitative estimate of drug-likeness (QED) is 0.263. The molecule has 1 aromatic heterocycles. The van der Waals surface area contributed by atoms with Gasteiger partial charge in [-0.05, 0) is 49.2 Å². The first-order valence-electron chi connectivity index (χ1n) is 13.9. The highest BCUT2D eigenvalue weighted by molar-refractivity contribution is 7.07. The van der Waals surface area contributed by atoms with Crippen molar-refractivity contribution in [1.82, 2.24) is 9.88 Å². The molecule has 5 rings (SSSR count). The zero-order valence-electron chi connectivity index (χ0n) is 24.4. The molecule has 10 nitrogen and oxygen atoms in total. The van der Waals surface area contributed by atoms with Gasteiger partial charge in [0, 0.05) is 12.1 Å². The number of nitrogens with zero attached hydrogens (tertiary/aromatic N) is 2. The molecule has 4 aromatic rings. The van der Waals surface area contributed by atoms with Gasteiger partial charge in [0.15, 0.2) is 22.9 Å². The van der Waals surface area contributed by atoms with E-state index in [4.69, 9.17) is 14.2 Å². The number of amides is 1. The van der Waals surface area contributed by atoms with Gasteiger partial charge in [-0.2, -0.15) is 0 Å². The smallest absolute Gasteiger partial charge is 0.338 e. The fourth-order valence-electron chi connectivity index (χ4n) is 4.83. The maximum Gasteiger partial charge on any atom is 0.338 e. The lowest BCUT2D eigenvalue weighted by atomic mass is 9.95. The zero-order valence-corrected chi connectivity index (χ0v) is 25.2. The van der Waals surface area contributed by atoms with Crippen LogP contribution in [0.5, 0.6) is 17.2 Å². The van der Waals surface area contributed by atoms with E-state index in [1.165, 1.54) is 17.7 Å². The standard InChI is InChI=1S/C33H31N3O7S/c1-4-42-32(40)29-20(2)35-33-36(30(29)23-14-15-24(37)26(16-23)41-3)31(39)27(44-33)17-22-12-8-9-13-25(22)43-19-28(38)34-18-21-10-6-5-7-11-21/h5-17,30,37H,4,18-19H2,1-3H3,(H,34,38)/t30-/m0/s1. The molecule has 2 N–H and O–H groups in total. The van der Waals surface area contributed by atoms with Crippen LogP contribution in [0.2, 0.25) is 0 Å². The van der Waals surface area contributed by atoms with Crippen LogP contribution in [0.4, 0.5) is 0 Å². The average molecular weight is 614 g/mol. The molecule has 44 heavy (non-hydrogen) atoms. The number of allylic oxidation sites excluding steroid dienone is 1. The van der Waals surface area contributed by atoms with Crippen molar-refractivity contribution in [2.75, 3.05) is 20.3 Å². The summed E-state index contributed by atoms with van der Waals surface area (Å²) in [6.07, 6.45) is 1.68. The highest BCUT2D eigenvalue weighted by atomic mass is 32.1. The summed E-state index contributed by atoms with van der Waals surface area (Å²) in [6, 6.07) is 20.4. The van der Waals surface area contributed by atoms with Crippen molar-refractivity contribution in [2.45, 2.75) is 26.4 Å². The molecule has 0 bridgehead atoms. The van der Waals surface area contributed by atoms with E-state index in [1.807, 2.05) is 30.3 Å². The number of thiazole rings is 1. The number of esters is 1. The third-order valence-electron chi connectivity index (χ3n) is 6.93. The molecule has 226 valence electrons. The molecule has 1 amide bonds. The lowest BCUT2D eigenvalue weighted by Gasteiger charge is -2.25. The summed E-state index contributed by atoms with van der Waals surface area (Å²) in [7, 11) is 1.42. The normalized spacial score (nSPS) is 14.4. The van der Waals surface area contributed by atoms with Crippen LogP contribution in [0.25, 0.3) is 6.08 Å². The van der Waals surface area contributed by atoms with E-state index in [1.54, 1.807) is 56.3 Å². The third-order valence-corrected chi connectivity index (χ3v) is 7.92. The average Bonchev–Trinajstić information content (AvgIpc) is 3.33. The number of hydrogen-bond acceptors (Lipinski definition) is 9. The van der Waals surface area contributed by atoms with E-state index in [-0.39, 0.29) is 41.8 Å². The van der Waals surface area contributed by atoms with Crippen molar-refractivity contribution in [1.29, 1.82) is 0 Å². The maximum atomic E-state index is 14.0. The fraction of sp³-hybridized carbons (Fsp3) is 0.212. The first-order chi connectivity index (χ1) is 21.3. The Hall–Kier alpha value is -5.16. The van der Waals surface area contributed by atoms with Crippen LogP contribution in [0.3, 0.4) is 0 Å². The van der Waals surface area contributed by atoms with Crippen molar-refractivity contribution in [3.05, 3.63) is 120 Å². The maximum absolute atomic E-state index is 14.0. The van der Waals surface area contributed by atoms with Crippen molar-refractivity contribution in [3.8, 4) is 17.2 Å². The number of ether oxygens (including phenoxy) is 3. The molecule has 3 aromatic carbocycles. The minimum absolute atomic E-state index is 0.0765. The summed E-state index contributed by atoms with van der Waals surface area (Å²) in [4.78, 5) is 44.6. The van der Waals surface area contributed by atoms with Crippen LogP contribution in [0.15, 0.2) is 93.9 Å². The number of carbonyl (C=O) groups excluding carboxylic acids is 2. The van der Waals surface area contributed by atoms with Gasteiger partial charge in [0.25, 0.3) is 11.5 Å². The number of phenols is 1. The summed E-state index contributed by atoms with van der Waals surface area (Å²) < 4.78 is 18.3. The third kappa shape index (κ3) is 6.42. The number of aromatic hydroxyl groups is 1. The zero-order chi connectivity index (χ0) is 31.2. The first kappa shape index (κ1) is 30.3. The van der Waals surface area contributed by atoms with E-state index < -0.39 is 12.0 Å². The molecule has 2 heterocycles. The first-order valence-corrected chi connectivity index (χ1v) is 14.7. The van der Waals surface area contributed by atoms with Gasteiger partial charge in [-0.15, -0.1) is 0 Å². The number of hydrogen-bond donors (Lipinski definition) is 2. The second kappa shape index (κ2) is 13.4. The lowest BCUT2D eigenvalue weighted by Crippen LogP contribution is -2.40.